The number of methoxy groups -OCH3 is 1. The van der Waals surface area contributed by atoms with E-state index in [1.807, 2.05) is 62.1 Å². The Bertz CT molecular complexity index is 1020. The molecule has 2 aromatic rings. The van der Waals surface area contributed by atoms with Gasteiger partial charge in [0, 0.05) is 31.0 Å². The van der Waals surface area contributed by atoms with Gasteiger partial charge in [0.2, 0.25) is 0 Å². The fourth-order valence-electron chi connectivity index (χ4n) is 4.47. The predicted molar refractivity (Wildman–Crippen MR) is 131 cm³/mol. The predicted octanol–water partition coefficient (Wildman–Crippen LogP) is 3.33. The van der Waals surface area contributed by atoms with Crippen molar-refractivity contribution in [2.45, 2.75) is 51.4 Å². The number of amides is 1. The minimum Gasteiger partial charge on any atom is -0.386 e. The molecule has 3 heterocycles. The number of carbonyl (C=O) groups is 1. The first-order valence-electron chi connectivity index (χ1n) is 11.9. The summed E-state index contributed by atoms with van der Waals surface area (Å²) >= 11 is 0. The number of hydrogen-bond acceptors (Lipinski definition) is 7. The second-order valence-corrected chi connectivity index (χ2v) is 9.31. The molecule has 1 N–H and O–H groups in total. The largest absolute Gasteiger partial charge is 0.386 e. The topological polar surface area (TPSA) is 85.3 Å². The Balaban J connectivity index is 1.58. The fraction of sp³-hybridized carbons (Fsp3) is 0.500. The van der Waals surface area contributed by atoms with E-state index in [1.165, 1.54) is 0 Å². The van der Waals surface area contributed by atoms with Crippen molar-refractivity contribution in [1.29, 1.82) is 0 Å². The van der Waals surface area contributed by atoms with E-state index in [0.29, 0.717) is 30.3 Å². The summed E-state index contributed by atoms with van der Waals surface area (Å²) in [6, 6.07) is 11.5. The van der Waals surface area contributed by atoms with Gasteiger partial charge in [-0.25, -0.2) is 4.98 Å². The molecule has 2 unspecified atom stereocenters. The summed E-state index contributed by atoms with van der Waals surface area (Å²) in [5, 5.41) is 7.71. The Kier molecular flexibility index (Phi) is 7.60. The second-order valence-electron chi connectivity index (χ2n) is 9.31. The van der Waals surface area contributed by atoms with E-state index in [4.69, 9.17) is 14.3 Å². The highest BCUT2D eigenvalue weighted by molar-refractivity contribution is 6.08. The molecule has 1 aromatic carbocycles. The third-order valence-electron chi connectivity index (χ3n) is 6.32. The molecule has 0 saturated carbocycles. The lowest BCUT2D eigenvalue weighted by Gasteiger charge is -2.34. The molecule has 1 aromatic heterocycles. The summed E-state index contributed by atoms with van der Waals surface area (Å²) in [4.78, 5) is 25.8. The molecule has 4 rings (SSSR count). The van der Waals surface area contributed by atoms with Crippen LogP contribution < -0.4 is 10.2 Å². The van der Waals surface area contributed by atoms with Gasteiger partial charge in [0.25, 0.3) is 5.91 Å². The molecule has 182 valence electrons. The van der Waals surface area contributed by atoms with Gasteiger partial charge >= 0.3 is 0 Å². The van der Waals surface area contributed by atoms with E-state index in [2.05, 4.69) is 15.5 Å². The van der Waals surface area contributed by atoms with Crippen LogP contribution in [-0.2, 0) is 14.3 Å². The molecule has 1 fully saturated rings. The van der Waals surface area contributed by atoms with E-state index < -0.39 is 5.60 Å². The van der Waals surface area contributed by atoms with Crippen LogP contribution >= 0.6 is 0 Å². The molecule has 8 heteroatoms. The van der Waals surface area contributed by atoms with Gasteiger partial charge in [-0.1, -0.05) is 23.4 Å². The molecule has 1 saturated heterocycles. The van der Waals surface area contributed by atoms with Gasteiger partial charge in [0.1, 0.15) is 17.6 Å². The minimum atomic E-state index is -0.584. The number of rotatable bonds is 8. The van der Waals surface area contributed by atoms with Crippen molar-refractivity contribution < 1.29 is 19.1 Å². The van der Waals surface area contributed by atoms with Gasteiger partial charge in [-0.3, -0.25) is 9.69 Å². The third kappa shape index (κ3) is 5.14. The Morgan fingerprint density at radius 2 is 2.03 bits per heavy atom. The number of aryl methyl sites for hydroxylation is 1. The first-order valence-corrected chi connectivity index (χ1v) is 11.9. The van der Waals surface area contributed by atoms with Gasteiger partial charge in [-0.2, -0.15) is 0 Å². The number of piperidine rings is 1. The average molecular weight is 467 g/mol. The molecule has 8 nitrogen and oxygen atoms in total. The number of nitrogens with zero attached hydrogens (tertiary/aromatic N) is 3. The molecule has 2 atom stereocenters. The molecule has 0 spiro atoms. The Hall–Kier alpha value is -2.81. The number of nitrogens with one attached hydrogen (secondary N) is 1. The van der Waals surface area contributed by atoms with Crippen molar-refractivity contribution in [3.8, 4) is 0 Å². The maximum Gasteiger partial charge on any atom is 0.259 e. The first kappa shape index (κ1) is 24.3. The number of anilines is 1. The van der Waals surface area contributed by atoms with Crippen molar-refractivity contribution in [2.75, 3.05) is 38.3 Å². The van der Waals surface area contributed by atoms with E-state index in [1.54, 1.807) is 13.3 Å². The molecule has 2 aliphatic heterocycles. The summed E-state index contributed by atoms with van der Waals surface area (Å²) in [5.41, 5.74) is 2.58. The molecular weight excluding hydrogens is 432 g/mol. The zero-order valence-electron chi connectivity index (χ0n) is 20.4. The van der Waals surface area contributed by atoms with Gasteiger partial charge in [-0.05, 0) is 63.9 Å². The molecule has 34 heavy (non-hydrogen) atoms. The number of pyridine rings is 1. The first-order chi connectivity index (χ1) is 16.4. The Morgan fingerprint density at radius 3 is 2.71 bits per heavy atom. The van der Waals surface area contributed by atoms with Gasteiger partial charge in [0.05, 0.1) is 19.3 Å². The maximum atomic E-state index is 13.7. The van der Waals surface area contributed by atoms with Crippen LogP contribution in [0.25, 0.3) is 0 Å². The van der Waals surface area contributed by atoms with E-state index >= 15 is 0 Å². The molecule has 0 aliphatic carbocycles. The van der Waals surface area contributed by atoms with Crippen LogP contribution in [0.2, 0.25) is 0 Å². The molecule has 2 aliphatic rings. The van der Waals surface area contributed by atoms with Crippen molar-refractivity contribution in [2.24, 2.45) is 5.16 Å². The van der Waals surface area contributed by atoms with Crippen LogP contribution in [0.5, 0.6) is 0 Å². The normalized spacial score (nSPS) is 21.6. The number of carbonyl (C=O) groups excluding carboxylic acids is 1. The van der Waals surface area contributed by atoms with Crippen molar-refractivity contribution in [3.05, 3.63) is 59.3 Å². The maximum absolute atomic E-state index is 13.7. The quantitative estimate of drug-likeness (QED) is 0.601. The van der Waals surface area contributed by atoms with Gasteiger partial charge in [-0.15, -0.1) is 0 Å². The van der Waals surface area contributed by atoms with Crippen molar-refractivity contribution in [3.63, 3.8) is 0 Å². The number of benzene rings is 1. The lowest BCUT2D eigenvalue weighted by Crippen LogP contribution is -2.49. The zero-order valence-corrected chi connectivity index (χ0v) is 20.4. The highest BCUT2D eigenvalue weighted by Crippen LogP contribution is 2.30. The number of ether oxygens (including phenoxy) is 2. The molecule has 0 radical (unpaired) electrons. The minimum absolute atomic E-state index is 0.0557. The zero-order chi connectivity index (χ0) is 24.1. The SMILES string of the molecule is COCCOC1C(c2ccc(C(=O)N(c3ncccc3C)C3CCCNC3)cc2)=NOC1(C)C. The van der Waals surface area contributed by atoms with Gasteiger partial charge in [0.15, 0.2) is 5.60 Å². The van der Waals surface area contributed by atoms with Crippen LogP contribution in [0.4, 0.5) is 5.82 Å². The van der Waals surface area contributed by atoms with E-state index in [9.17, 15) is 4.79 Å². The molecule has 0 bridgehead atoms. The molecule has 1 amide bonds. The third-order valence-corrected chi connectivity index (χ3v) is 6.32. The monoisotopic (exact) mass is 466 g/mol. The smallest absolute Gasteiger partial charge is 0.259 e. The van der Waals surface area contributed by atoms with Crippen LogP contribution in [0.3, 0.4) is 0 Å². The number of hydrogen-bond donors (Lipinski definition) is 1. The van der Waals surface area contributed by atoms with Crippen molar-refractivity contribution in [1.82, 2.24) is 10.3 Å². The lowest BCUT2D eigenvalue weighted by molar-refractivity contribution is -0.0809. The Morgan fingerprint density at radius 1 is 1.24 bits per heavy atom. The highest BCUT2D eigenvalue weighted by Gasteiger charge is 2.43. The van der Waals surface area contributed by atoms with Crippen molar-refractivity contribution >= 4 is 17.4 Å². The Labute approximate surface area is 201 Å². The van der Waals surface area contributed by atoms with Gasteiger partial charge < -0.3 is 19.6 Å². The number of aromatic nitrogens is 1. The summed E-state index contributed by atoms with van der Waals surface area (Å²) in [5.74, 6) is 0.659. The van der Waals surface area contributed by atoms with Crippen LogP contribution in [-0.4, -0.2) is 67.8 Å². The highest BCUT2D eigenvalue weighted by atomic mass is 16.7. The van der Waals surface area contributed by atoms with Crippen LogP contribution in [0, 0.1) is 6.92 Å². The summed E-state index contributed by atoms with van der Waals surface area (Å²) in [6.45, 7) is 8.55. The second kappa shape index (κ2) is 10.6. The van der Waals surface area contributed by atoms with Crippen LogP contribution in [0.1, 0.15) is 48.2 Å². The summed E-state index contributed by atoms with van der Waals surface area (Å²) in [6.07, 6.45) is 3.38. The van der Waals surface area contributed by atoms with E-state index in [-0.39, 0.29) is 18.1 Å². The standard InChI is InChI=1S/C26H34N4O4/c1-18-7-5-14-28-24(18)30(21-8-6-13-27-17-21)25(31)20-11-9-19(10-12-20)22-23(33-16-15-32-4)26(2,3)34-29-22/h5,7,9-12,14,21,23,27H,6,8,13,15-17H2,1-4H3. The average Bonchev–Trinajstić information content (AvgIpc) is 3.15. The molecular formula is C26H34N4O4. The summed E-state index contributed by atoms with van der Waals surface area (Å²) in [7, 11) is 1.64. The van der Waals surface area contributed by atoms with E-state index in [0.717, 1.165) is 37.1 Å². The van der Waals surface area contributed by atoms with Crippen LogP contribution in [0.15, 0.2) is 47.8 Å². The fourth-order valence-corrected chi connectivity index (χ4v) is 4.47. The summed E-state index contributed by atoms with van der Waals surface area (Å²) < 4.78 is 11.1. The lowest BCUT2D eigenvalue weighted by atomic mass is 9.93. The number of oxime groups is 1.